The highest BCUT2D eigenvalue weighted by Crippen LogP contribution is 2.02. The van der Waals surface area contributed by atoms with Gasteiger partial charge in [0.25, 0.3) is 0 Å². The van der Waals surface area contributed by atoms with Crippen molar-refractivity contribution in [1.29, 1.82) is 0 Å². The quantitative estimate of drug-likeness (QED) is 0.806. The monoisotopic (exact) mass is 241 g/mol. The normalized spacial score (nSPS) is 11.8. The maximum Gasteiger partial charge on any atom is 0.248 e. The van der Waals surface area contributed by atoms with Gasteiger partial charge in [0.2, 0.25) is 5.91 Å². The maximum atomic E-state index is 11.5. The van der Waals surface area contributed by atoms with Crippen LogP contribution >= 0.6 is 0 Å². The van der Waals surface area contributed by atoms with Gasteiger partial charge in [-0.3, -0.25) is 4.79 Å². The van der Waals surface area contributed by atoms with Crippen LogP contribution in [-0.2, 0) is 4.79 Å². The van der Waals surface area contributed by atoms with Gasteiger partial charge in [0, 0.05) is 12.1 Å². The van der Waals surface area contributed by atoms with Crippen LogP contribution in [0.1, 0.15) is 13.8 Å². The molecule has 0 unspecified atom stereocenters. The number of aromatic nitrogens is 2. The average Bonchev–Trinajstić information content (AvgIpc) is 2.40. The van der Waals surface area contributed by atoms with Gasteiger partial charge in [0.15, 0.2) is 0 Å². The van der Waals surface area contributed by atoms with Gasteiger partial charge in [-0.05, 0) is 18.2 Å². The highest BCUT2D eigenvalue weighted by molar-refractivity contribution is 5.78. The molecule has 0 spiro atoms. The molecule has 2 aromatic rings. The molecule has 1 heterocycles. The second-order valence-corrected chi connectivity index (χ2v) is 4.27. The van der Waals surface area contributed by atoms with Crippen molar-refractivity contribution in [3.05, 3.63) is 54.1 Å². The fourth-order valence-corrected chi connectivity index (χ4v) is 1.41. The van der Waals surface area contributed by atoms with Crippen LogP contribution in [0.4, 0.5) is 0 Å². The van der Waals surface area contributed by atoms with Crippen molar-refractivity contribution in [1.82, 2.24) is 9.78 Å². The molecule has 0 radical (unpaired) electrons. The molecule has 4 nitrogen and oxygen atoms in total. The summed E-state index contributed by atoms with van der Waals surface area (Å²) in [6, 6.07) is 11.6. The van der Waals surface area contributed by atoms with E-state index in [0.717, 1.165) is 5.69 Å². The van der Waals surface area contributed by atoms with E-state index in [4.69, 9.17) is 0 Å². The zero-order chi connectivity index (χ0) is 13.0. The molecule has 0 aliphatic heterocycles. The Balaban J connectivity index is 2.29. The van der Waals surface area contributed by atoms with Crippen molar-refractivity contribution in [3.8, 4) is 5.69 Å². The Labute approximate surface area is 106 Å². The minimum Gasteiger partial charge on any atom is -0.272 e. The fraction of sp³-hybridized carbons (Fsp3) is 0.214. The van der Waals surface area contributed by atoms with E-state index in [1.165, 1.54) is 0 Å². The number of carbonyl (C=O) groups excluding carboxylic acids is 1. The van der Waals surface area contributed by atoms with Gasteiger partial charge in [-0.25, -0.2) is 9.67 Å². The highest BCUT2D eigenvalue weighted by atomic mass is 16.1. The molecule has 0 aliphatic carbocycles. The van der Waals surface area contributed by atoms with E-state index in [9.17, 15) is 4.79 Å². The first-order chi connectivity index (χ1) is 8.66. The van der Waals surface area contributed by atoms with Crippen LogP contribution in [0.5, 0.6) is 0 Å². The molecule has 0 aliphatic rings. The summed E-state index contributed by atoms with van der Waals surface area (Å²) in [6.45, 7) is 3.65. The lowest BCUT2D eigenvalue weighted by atomic mass is 10.2. The first-order valence-corrected chi connectivity index (χ1v) is 5.86. The first-order valence-electron chi connectivity index (χ1n) is 5.86. The van der Waals surface area contributed by atoms with Crippen LogP contribution in [-0.4, -0.2) is 15.7 Å². The zero-order valence-electron chi connectivity index (χ0n) is 10.4. The Morgan fingerprint density at radius 3 is 2.50 bits per heavy atom. The van der Waals surface area contributed by atoms with E-state index >= 15 is 0 Å². The SMILES string of the molecule is CC(C)C(=O)N=c1ccn(-c2ccccc2)nc1. The topological polar surface area (TPSA) is 47.2 Å². The third-order valence-corrected chi connectivity index (χ3v) is 2.45. The lowest BCUT2D eigenvalue weighted by Crippen LogP contribution is -2.13. The largest absolute Gasteiger partial charge is 0.272 e. The molecule has 0 saturated heterocycles. The zero-order valence-corrected chi connectivity index (χ0v) is 10.4. The molecule has 0 N–H and O–H groups in total. The number of benzene rings is 1. The average molecular weight is 241 g/mol. The van der Waals surface area contributed by atoms with Gasteiger partial charge in [-0.1, -0.05) is 32.0 Å². The highest BCUT2D eigenvalue weighted by Gasteiger charge is 2.03. The molecule has 2 rings (SSSR count). The summed E-state index contributed by atoms with van der Waals surface area (Å²) in [4.78, 5) is 15.4. The van der Waals surface area contributed by atoms with E-state index in [2.05, 4.69) is 10.1 Å². The van der Waals surface area contributed by atoms with Crippen molar-refractivity contribution in [2.75, 3.05) is 0 Å². The van der Waals surface area contributed by atoms with Gasteiger partial charge in [0.05, 0.1) is 17.2 Å². The molecule has 0 fully saturated rings. The van der Waals surface area contributed by atoms with Gasteiger partial charge < -0.3 is 0 Å². The molecule has 92 valence electrons. The second kappa shape index (κ2) is 5.40. The van der Waals surface area contributed by atoms with Crippen molar-refractivity contribution < 1.29 is 4.79 Å². The van der Waals surface area contributed by atoms with Crippen LogP contribution in [0.3, 0.4) is 0 Å². The molecular formula is C14H15N3O. The third kappa shape index (κ3) is 2.91. The molecule has 0 bridgehead atoms. The fourth-order valence-electron chi connectivity index (χ4n) is 1.41. The summed E-state index contributed by atoms with van der Waals surface area (Å²) in [6.07, 6.45) is 3.38. The van der Waals surface area contributed by atoms with Crippen LogP contribution in [0.2, 0.25) is 0 Å². The summed E-state index contributed by atoms with van der Waals surface area (Å²) in [5.74, 6) is -0.222. The van der Waals surface area contributed by atoms with Crippen molar-refractivity contribution in [2.45, 2.75) is 13.8 Å². The minimum atomic E-state index is -0.130. The Kier molecular flexibility index (Phi) is 3.67. The summed E-state index contributed by atoms with van der Waals surface area (Å²) in [5.41, 5.74) is 0.972. The van der Waals surface area contributed by atoms with Crippen LogP contribution in [0.25, 0.3) is 5.69 Å². The first kappa shape index (κ1) is 12.2. The van der Waals surface area contributed by atoms with Crippen molar-refractivity contribution >= 4 is 5.91 Å². The molecular weight excluding hydrogens is 226 g/mol. The number of para-hydroxylation sites is 1. The lowest BCUT2D eigenvalue weighted by molar-refractivity contribution is -0.120. The molecule has 4 heteroatoms. The summed E-state index contributed by atoms with van der Waals surface area (Å²) in [5, 5.41) is 4.82. The maximum absolute atomic E-state index is 11.5. The van der Waals surface area contributed by atoms with E-state index in [1.54, 1.807) is 23.1 Å². The van der Waals surface area contributed by atoms with E-state index in [1.807, 2.05) is 44.2 Å². The Hall–Kier alpha value is -2.23. The molecule has 1 aromatic carbocycles. The van der Waals surface area contributed by atoms with E-state index in [-0.39, 0.29) is 11.8 Å². The molecule has 0 saturated carbocycles. The number of carbonyl (C=O) groups is 1. The van der Waals surface area contributed by atoms with Crippen LogP contribution < -0.4 is 5.36 Å². The molecule has 1 aromatic heterocycles. The summed E-state index contributed by atoms with van der Waals surface area (Å²) >= 11 is 0. The number of hydrogen-bond donors (Lipinski definition) is 0. The van der Waals surface area contributed by atoms with Crippen molar-refractivity contribution in [2.24, 2.45) is 10.9 Å². The molecule has 0 atom stereocenters. The lowest BCUT2D eigenvalue weighted by Gasteiger charge is -2.03. The second-order valence-electron chi connectivity index (χ2n) is 4.27. The van der Waals surface area contributed by atoms with Gasteiger partial charge in [-0.2, -0.15) is 5.10 Å². The Bertz CT molecular complexity index is 579. The minimum absolute atomic E-state index is 0.0912. The number of amides is 1. The molecule has 1 amide bonds. The number of nitrogens with zero attached hydrogens (tertiary/aromatic N) is 3. The van der Waals surface area contributed by atoms with Crippen molar-refractivity contribution in [3.63, 3.8) is 0 Å². The van der Waals surface area contributed by atoms with E-state index in [0.29, 0.717) is 5.36 Å². The number of rotatable bonds is 2. The predicted molar refractivity (Wildman–Crippen MR) is 69.0 cm³/mol. The Morgan fingerprint density at radius 2 is 1.94 bits per heavy atom. The van der Waals surface area contributed by atoms with Gasteiger partial charge in [-0.15, -0.1) is 0 Å². The predicted octanol–water partition coefficient (Wildman–Crippen LogP) is 1.96. The molecule has 18 heavy (non-hydrogen) atoms. The standard InChI is InChI=1S/C14H15N3O/c1-11(2)14(18)16-12-8-9-17(15-10-12)13-6-4-3-5-7-13/h3-11H,1-2H3. The summed E-state index contributed by atoms with van der Waals surface area (Å²) in [7, 11) is 0. The van der Waals surface area contributed by atoms with Crippen LogP contribution in [0, 0.1) is 5.92 Å². The smallest absolute Gasteiger partial charge is 0.248 e. The van der Waals surface area contributed by atoms with Gasteiger partial charge in [0.1, 0.15) is 0 Å². The Morgan fingerprint density at radius 1 is 1.22 bits per heavy atom. The number of hydrogen-bond acceptors (Lipinski definition) is 2. The third-order valence-electron chi connectivity index (χ3n) is 2.45. The van der Waals surface area contributed by atoms with Crippen LogP contribution in [0.15, 0.2) is 53.8 Å². The van der Waals surface area contributed by atoms with Gasteiger partial charge >= 0.3 is 0 Å². The van der Waals surface area contributed by atoms with E-state index < -0.39 is 0 Å². The summed E-state index contributed by atoms with van der Waals surface area (Å²) < 4.78 is 1.73.